The molecule has 1 heterocycles. The Bertz CT molecular complexity index is 355. The zero-order chi connectivity index (χ0) is 12.3. The Morgan fingerprint density at radius 1 is 1.47 bits per heavy atom. The molecular weight excluding hydrogens is 212 g/mol. The smallest absolute Gasteiger partial charge is 0.120 e. The molecule has 0 spiro atoms. The molecule has 1 N–H and O–H groups in total. The van der Waals surface area contributed by atoms with Crippen LogP contribution in [0.5, 0.6) is 0 Å². The zero-order valence-electron chi connectivity index (χ0n) is 11.3. The molecule has 1 aliphatic carbocycles. The summed E-state index contributed by atoms with van der Waals surface area (Å²) in [6.07, 6.45) is 2.83. The van der Waals surface area contributed by atoms with Gasteiger partial charge in [-0.15, -0.1) is 0 Å². The maximum atomic E-state index is 5.88. The molecule has 1 aliphatic rings. The predicted octanol–water partition coefficient (Wildman–Crippen LogP) is 2.54. The van der Waals surface area contributed by atoms with Crippen LogP contribution in [0.15, 0.2) is 10.5 Å². The summed E-state index contributed by atoms with van der Waals surface area (Å²) in [4.78, 5) is 2.49. The third-order valence-corrected chi connectivity index (χ3v) is 3.45. The third-order valence-electron chi connectivity index (χ3n) is 3.45. The van der Waals surface area contributed by atoms with E-state index in [1.165, 1.54) is 24.9 Å². The van der Waals surface area contributed by atoms with Crippen LogP contribution in [0.1, 0.15) is 36.8 Å². The van der Waals surface area contributed by atoms with Crippen molar-refractivity contribution in [2.75, 3.05) is 20.1 Å². The quantitative estimate of drug-likeness (QED) is 0.788. The molecule has 0 aromatic carbocycles. The van der Waals surface area contributed by atoms with Gasteiger partial charge >= 0.3 is 0 Å². The van der Waals surface area contributed by atoms with E-state index in [-0.39, 0.29) is 0 Å². The Hall–Kier alpha value is -0.800. The van der Waals surface area contributed by atoms with Gasteiger partial charge in [0, 0.05) is 6.54 Å². The number of hydrogen-bond acceptors (Lipinski definition) is 3. The molecule has 0 atom stereocenters. The van der Waals surface area contributed by atoms with Gasteiger partial charge in [0.2, 0.25) is 0 Å². The fraction of sp³-hybridized carbons (Fsp3) is 0.714. The second kappa shape index (κ2) is 5.69. The lowest BCUT2D eigenvalue weighted by Crippen LogP contribution is -2.24. The van der Waals surface area contributed by atoms with Crippen LogP contribution in [-0.4, -0.2) is 25.0 Å². The minimum atomic E-state index is 0.820. The first-order valence-corrected chi connectivity index (χ1v) is 6.68. The second-order valence-electron chi connectivity index (χ2n) is 5.12. The number of furan rings is 1. The number of hydrogen-bond donors (Lipinski definition) is 1. The number of aryl methyl sites for hydroxylation is 1. The van der Waals surface area contributed by atoms with Crippen molar-refractivity contribution in [3.8, 4) is 0 Å². The summed E-state index contributed by atoms with van der Waals surface area (Å²) >= 11 is 0. The molecule has 3 nitrogen and oxygen atoms in total. The van der Waals surface area contributed by atoms with Crippen LogP contribution in [0.25, 0.3) is 0 Å². The molecule has 1 fully saturated rings. The van der Waals surface area contributed by atoms with Crippen molar-refractivity contribution in [2.24, 2.45) is 5.92 Å². The minimum absolute atomic E-state index is 0.820. The van der Waals surface area contributed by atoms with Crippen molar-refractivity contribution < 1.29 is 4.42 Å². The Kier molecular flexibility index (Phi) is 4.24. The van der Waals surface area contributed by atoms with Crippen LogP contribution in [0.4, 0.5) is 0 Å². The van der Waals surface area contributed by atoms with Crippen LogP contribution in [0, 0.1) is 12.8 Å². The average molecular weight is 236 g/mol. The maximum Gasteiger partial charge on any atom is 0.120 e. The van der Waals surface area contributed by atoms with Gasteiger partial charge in [-0.25, -0.2) is 0 Å². The lowest BCUT2D eigenvalue weighted by molar-refractivity contribution is 0.243. The molecule has 2 rings (SSSR count). The molecule has 17 heavy (non-hydrogen) atoms. The molecule has 0 unspecified atom stereocenters. The van der Waals surface area contributed by atoms with Gasteiger partial charge in [-0.3, -0.25) is 4.90 Å². The molecule has 1 aromatic rings. The Labute approximate surface area is 104 Å². The van der Waals surface area contributed by atoms with Gasteiger partial charge in [-0.1, -0.05) is 6.92 Å². The van der Waals surface area contributed by atoms with Gasteiger partial charge < -0.3 is 9.73 Å². The van der Waals surface area contributed by atoms with Gasteiger partial charge in [0.1, 0.15) is 11.5 Å². The largest absolute Gasteiger partial charge is 0.463 e. The molecule has 0 radical (unpaired) electrons. The van der Waals surface area contributed by atoms with Crippen LogP contribution in [0.3, 0.4) is 0 Å². The van der Waals surface area contributed by atoms with E-state index in [9.17, 15) is 0 Å². The van der Waals surface area contributed by atoms with Crippen LogP contribution >= 0.6 is 0 Å². The summed E-state index contributed by atoms with van der Waals surface area (Å²) in [5.74, 6) is 3.13. The highest BCUT2D eigenvalue weighted by Crippen LogP contribution is 2.30. The maximum absolute atomic E-state index is 5.88. The monoisotopic (exact) mass is 236 g/mol. The Morgan fingerprint density at radius 3 is 2.82 bits per heavy atom. The third kappa shape index (κ3) is 3.58. The van der Waals surface area contributed by atoms with E-state index in [4.69, 9.17) is 4.42 Å². The highest BCUT2D eigenvalue weighted by Gasteiger charge is 2.24. The van der Waals surface area contributed by atoms with Crippen molar-refractivity contribution in [2.45, 2.75) is 39.8 Å². The fourth-order valence-corrected chi connectivity index (χ4v) is 2.20. The normalized spacial score (nSPS) is 15.8. The first-order valence-electron chi connectivity index (χ1n) is 6.68. The first kappa shape index (κ1) is 12.7. The molecule has 96 valence electrons. The van der Waals surface area contributed by atoms with E-state index in [2.05, 4.69) is 30.1 Å². The summed E-state index contributed by atoms with van der Waals surface area (Å²) in [7, 11) is 1.95. The standard InChI is InChI=1S/C14H24N2O/c1-4-16(9-12-5-6-12)10-13-7-11(2)14(17-13)8-15-3/h7,12,15H,4-6,8-10H2,1-3H3. The van der Waals surface area contributed by atoms with E-state index in [0.29, 0.717) is 0 Å². The number of nitrogens with zero attached hydrogens (tertiary/aromatic N) is 1. The molecule has 1 saturated carbocycles. The lowest BCUT2D eigenvalue weighted by atomic mass is 10.2. The van der Waals surface area contributed by atoms with Crippen LogP contribution < -0.4 is 5.32 Å². The molecule has 0 bridgehead atoms. The van der Waals surface area contributed by atoms with E-state index in [1.54, 1.807) is 0 Å². The van der Waals surface area contributed by atoms with E-state index < -0.39 is 0 Å². The summed E-state index contributed by atoms with van der Waals surface area (Å²) in [6, 6.07) is 2.18. The second-order valence-corrected chi connectivity index (χ2v) is 5.12. The summed E-state index contributed by atoms with van der Waals surface area (Å²) < 4.78 is 5.88. The van der Waals surface area contributed by atoms with Gasteiger partial charge in [-0.2, -0.15) is 0 Å². The van der Waals surface area contributed by atoms with E-state index in [1.807, 2.05) is 7.05 Å². The van der Waals surface area contributed by atoms with Gasteiger partial charge in [-0.05, 0) is 50.9 Å². The van der Waals surface area contributed by atoms with E-state index >= 15 is 0 Å². The van der Waals surface area contributed by atoms with Gasteiger partial charge in [0.15, 0.2) is 0 Å². The Balaban J connectivity index is 1.93. The molecule has 3 heteroatoms. The van der Waals surface area contributed by atoms with Crippen LogP contribution in [-0.2, 0) is 13.1 Å². The van der Waals surface area contributed by atoms with Crippen molar-refractivity contribution in [3.63, 3.8) is 0 Å². The van der Waals surface area contributed by atoms with Crippen molar-refractivity contribution >= 4 is 0 Å². The summed E-state index contributed by atoms with van der Waals surface area (Å²) in [6.45, 7) is 8.47. The highest BCUT2D eigenvalue weighted by atomic mass is 16.3. The highest BCUT2D eigenvalue weighted by molar-refractivity contribution is 5.20. The molecule has 0 aliphatic heterocycles. The summed E-state index contributed by atoms with van der Waals surface area (Å²) in [5, 5.41) is 3.14. The number of nitrogens with one attached hydrogen (secondary N) is 1. The first-order chi connectivity index (χ1) is 8.22. The topological polar surface area (TPSA) is 28.4 Å². The lowest BCUT2D eigenvalue weighted by Gasteiger charge is -2.18. The summed E-state index contributed by atoms with van der Waals surface area (Å²) in [5.41, 5.74) is 1.26. The minimum Gasteiger partial charge on any atom is -0.463 e. The van der Waals surface area contributed by atoms with Crippen molar-refractivity contribution in [3.05, 3.63) is 23.2 Å². The fourth-order valence-electron chi connectivity index (χ4n) is 2.20. The van der Waals surface area contributed by atoms with Crippen molar-refractivity contribution in [1.29, 1.82) is 0 Å². The SMILES string of the molecule is CCN(Cc1cc(C)c(CNC)o1)CC1CC1. The van der Waals surface area contributed by atoms with Crippen molar-refractivity contribution in [1.82, 2.24) is 10.2 Å². The molecule has 0 saturated heterocycles. The average Bonchev–Trinajstić information content (AvgIpc) is 3.05. The number of rotatable bonds is 7. The van der Waals surface area contributed by atoms with Gasteiger partial charge in [0.25, 0.3) is 0 Å². The predicted molar refractivity (Wildman–Crippen MR) is 69.9 cm³/mol. The van der Waals surface area contributed by atoms with Crippen LogP contribution in [0.2, 0.25) is 0 Å². The molecule has 1 aromatic heterocycles. The molecular formula is C14H24N2O. The Morgan fingerprint density at radius 2 is 2.24 bits per heavy atom. The molecule has 0 amide bonds. The van der Waals surface area contributed by atoms with E-state index in [0.717, 1.165) is 37.1 Å². The van der Waals surface area contributed by atoms with Gasteiger partial charge in [0.05, 0.1) is 13.1 Å². The zero-order valence-corrected chi connectivity index (χ0v) is 11.3.